The van der Waals surface area contributed by atoms with Crippen molar-refractivity contribution in [3.8, 4) is 0 Å². The number of piperidine rings is 1. The maximum atomic E-state index is 3.85. The topological polar surface area (TPSA) is 15.3 Å². The van der Waals surface area contributed by atoms with Crippen LogP contribution in [0.25, 0.3) is 0 Å². The van der Waals surface area contributed by atoms with Gasteiger partial charge in [-0.05, 0) is 56.7 Å². The lowest BCUT2D eigenvalue weighted by atomic mass is 9.96. The number of anilines is 1. The molecule has 2 heterocycles. The first kappa shape index (κ1) is 13.0. The molecule has 1 aromatic rings. The van der Waals surface area contributed by atoms with Gasteiger partial charge in [-0.3, -0.25) is 0 Å². The number of fused-ring (bicyclic) bond motifs is 1. The quantitative estimate of drug-likeness (QED) is 0.891. The van der Waals surface area contributed by atoms with Crippen molar-refractivity contribution in [1.82, 2.24) is 4.90 Å². The normalized spacial score (nSPS) is 27.3. The van der Waals surface area contributed by atoms with Gasteiger partial charge in [0, 0.05) is 24.3 Å². The summed E-state index contributed by atoms with van der Waals surface area (Å²) in [4.78, 5) is 2.69. The van der Waals surface area contributed by atoms with Crippen molar-refractivity contribution in [2.24, 2.45) is 0 Å². The predicted octanol–water partition coefficient (Wildman–Crippen LogP) is 3.60. The monoisotopic (exact) mass is 258 g/mol. The van der Waals surface area contributed by atoms with Crippen molar-refractivity contribution in [3.05, 3.63) is 29.3 Å². The molecule has 0 bridgehead atoms. The van der Waals surface area contributed by atoms with Crippen molar-refractivity contribution >= 4 is 5.69 Å². The first-order valence-corrected chi connectivity index (χ1v) is 7.87. The zero-order chi connectivity index (χ0) is 13.2. The molecule has 0 saturated carbocycles. The summed E-state index contributed by atoms with van der Waals surface area (Å²) in [6, 6.07) is 8.19. The fraction of sp³-hybridized carbons (Fsp3) is 0.647. The zero-order valence-electron chi connectivity index (χ0n) is 12.3. The Labute approximate surface area is 117 Å². The van der Waals surface area contributed by atoms with E-state index >= 15 is 0 Å². The van der Waals surface area contributed by atoms with E-state index < -0.39 is 0 Å². The van der Waals surface area contributed by atoms with Gasteiger partial charge in [0.2, 0.25) is 0 Å². The summed E-state index contributed by atoms with van der Waals surface area (Å²) in [6.07, 6.45) is 6.56. The third kappa shape index (κ3) is 2.64. The van der Waals surface area contributed by atoms with Crippen LogP contribution in [0.2, 0.25) is 0 Å². The summed E-state index contributed by atoms with van der Waals surface area (Å²) in [5.41, 5.74) is 4.27. The molecule has 2 fully saturated rings. The molecule has 2 saturated heterocycles. The van der Waals surface area contributed by atoms with E-state index in [4.69, 9.17) is 0 Å². The maximum Gasteiger partial charge on any atom is 0.0404 e. The predicted molar refractivity (Wildman–Crippen MR) is 81.8 cm³/mol. The largest absolute Gasteiger partial charge is 0.382 e. The van der Waals surface area contributed by atoms with Crippen LogP contribution in [0.5, 0.6) is 0 Å². The second-order valence-corrected chi connectivity index (χ2v) is 6.16. The lowest BCUT2D eigenvalue weighted by molar-refractivity contribution is 0.188. The fourth-order valence-electron chi connectivity index (χ4n) is 3.79. The van der Waals surface area contributed by atoms with E-state index in [1.54, 1.807) is 0 Å². The Morgan fingerprint density at radius 3 is 3.00 bits per heavy atom. The van der Waals surface area contributed by atoms with Gasteiger partial charge >= 0.3 is 0 Å². The molecule has 2 nitrogen and oxygen atoms in total. The van der Waals surface area contributed by atoms with Gasteiger partial charge in [0.25, 0.3) is 0 Å². The van der Waals surface area contributed by atoms with E-state index in [1.807, 2.05) is 0 Å². The third-order valence-corrected chi connectivity index (χ3v) is 4.91. The lowest BCUT2D eigenvalue weighted by Gasteiger charge is -2.36. The molecule has 2 heteroatoms. The number of hydrogen-bond donors (Lipinski definition) is 1. The Morgan fingerprint density at radius 2 is 2.16 bits per heavy atom. The number of nitrogens with zero attached hydrogens (tertiary/aromatic N) is 1. The summed E-state index contributed by atoms with van der Waals surface area (Å²) >= 11 is 0. The molecule has 0 spiro atoms. The summed E-state index contributed by atoms with van der Waals surface area (Å²) < 4.78 is 0. The van der Waals surface area contributed by atoms with Crippen molar-refractivity contribution < 1.29 is 0 Å². The molecule has 3 rings (SSSR count). The Hall–Kier alpha value is -1.02. The Bertz CT molecular complexity index is 441. The molecule has 1 aromatic carbocycles. The van der Waals surface area contributed by atoms with Crippen molar-refractivity contribution in [2.75, 3.05) is 18.4 Å². The van der Waals surface area contributed by atoms with E-state index in [2.05, 4.69) is 42.3 Å². The standard InChI is InChI=1S/C17H26N2/c1-3-14-7-4-6-13(2)17(14)18-15-9-11-19-10-5-8-16(19)12-15/h4,6-7,15-16,18H,3,5,8-12H2,1-2H3. The van der Waals surface area contributed by atoms with Crippen LogP contribution in [0.4, 0.5) is 5.69 Å². The molecular weight excluding hydrogens is 232 g/mol. The molecule has 104 valence electrons. The van der Waals surface area contributed by atoms with Crippen LogP contribution in [0.15, 0.2) is 18.2 Å². The van der Waals surface area contributed by atoms with Gasteiger partial charge in [0.05, 0.1) is 0 Å². The van der Waals surface area contributed by atoms with Crippen molar-refractivity contribution in [3.63, 3.8) is 0 Å². The molecule has 2 aliphatic rings. The maximum absolute atomic E-state index is 3.85. The number of nitrogens with one attached hydrogen (secondary N) is 1. The van der Waals surface area contributed by atoms with Crippen LogP contribution in [0.1, 0.15) is 43.7 Å². The molecule has 0 aliphatic carbocycles. The van der Waals surface area contributed by atoms with Crippen molar-refractivity contribution in [2.45, 2.75) is 58.0 Å². The molecule has 19 heavy (non-hydrogen) atoms. The second kappa shape index (κ2) is 5.54. The average Bonchev–Trinajstić information content (AvgIpc) is 2.88. The number of para-hydroxylation sites is 1. The van der Waals surface area contributed by atoms with Crippen molar-refractivity contribution in [1.29, 1.82) is 0 Å². The summed E-state index contributed by atoms with van der Waals surface area (Å²) in [5.74, 6) is 0. The van der Waals surface area contributed by atoms with Gasteiger partial charge in [-0.25, -0.2) is 0 Å². The minimum atomic E-state index is 0.672. The summed E-state index contributed by atoms with van der Waals surface area (Å²) in [7, 11) is 0. The van der Waals surface area contributed by atoms with Gasteiger partial charge in [0.15, 0.2) is 0 Å². The van der Waals surface area contributed by atoms with Crippen LogP contribution in [0.3, 0.4) is 0 Å². The summed E-state index contributed by atoms with van der Waals surface area (Å²) in [6.45, 7) is 7.10. The van der Waals surface area contributed by atoms with Gasteiger partial charge in [-0.2, -0.15) is 0 Å². The minimum Gasteiger partial charge on any atom is -0.382 e. The van der Waals surface area contributed by atoms with Gasteiger partial charge in [-0.1, -0.05) is 25.1 Å². The Balaban J connectivity index is 1.71. The molecular formula is C17H26N2. The second-order valence-electron chi connectivity index (χ2n) is 6.16. The molecule has 0 aromatic heterocycles. The van der Waals surface area contributed by atoms with Gasteiger partial charge in [0.1, 0.15) is 0 Å². The molecule has 2 unspecified atom stereocenters. The van der Waals surface area contributed by atoms with Crippen LogP contribution >= 0.6 is 0 Å². The van der Waals surface area contributed by atoms with E-state index in [-0.39, 0.29) is 0 Å². The van der Waals surface area contributed by atoms with Crippen LogP contribution < -0.4 is 5.32 Å². The van der Waals surface area contributed by atoms with Crippen LogP contribution in [-0.2, 0) is 6.42 Å². The third-order valence-electron chi connectivity index (χ3n) is 4.91. The fourth-order valence-corrected chi connectivity index (χ4v) is 3.79. The van der Waals surface area contributed by atoms with E-state index in [9.17, 15) is 0 Å². The highest BCUT2D eigenvalue weighted by molar-refractivity contribution is 5.57. The highest BCUT2D eigenvalue weighted by atomic mass is 15.2. The average molecular weight is 258 g/mol. The van der Waals surface area contributed by atoms with E-state index in [0.717, 1.165) is 12.5 Å². The lowest BCUT2D eigenvalue weighted by Crippen LogP contribution is -2.42. The SMILES string of the molecule is CCc1cccc(C)c1NC1CCN2CCCC2C1. The molecule has 2 atom stereocenters. The summed E-state index contributed by atoms with van der Waals surface area (Å²) in [5, 5.41) is 3.85. The zero-order valence-corrected chi connectivity index (χ0v) is 12.3. The number of hydrogen-bond acceptors (Lipinski definition) is 2. The first-order valence-electron chi connectivity index (χ1n) is 7.87. The van der Waals surface area contributed by atoms with Crippen LogP contribution in [-0.4, -0.2) is 30.1 Å². The highest BCUT2D eigenvalue weighted by Gasteiger charge is 2.31. The number of rotatable bonds is 3. The molecule has 0 amide bonds. The molecule has 2 aliphatic heterocycles. The van der Waals surface area contributed by atoms with Crippen LogP contribution in [0, 0.1) is 6.92 Å². The number of benzene rings is 1. The van der Waals surface area contributed by atoms with E-state index in [0.29, 0.717) is 6.04 Å². The Kier molecular flexibility index (Phi) is 3.79. The van der Waals surface area contributed by atoms with E-state index in [1.165, 1.54) is 55.6 Å². The number of aryl methyl sites for hydroxylation is 2. The Morgan fingerprint density at radius 1 is 1.26 bits per heavy atom. The molecule has 0 radical (unpaired) electrons. The highest BCUT2D eigenvalue weighted by Crippen LogP contribution is 2.30. The van der Waals surface area contributed by atoms with Gasteiger partial charge in [-0.15, -0.1) is 0 Å². The first-order chi connectivity index (χ1) is 9.28. The van der Waals surface area contributed by atoms with Gasteiger partial charge < -0.3 is 10.2 Å². The molecule has 1 N–H and O–H groups in total. The minimum absolute atomic E-state index is 0.672. The smallest absolute Gasteiger partial charge is 0.0404 e.